The largest absolute Gasteiger partial charge is 0.464 e. The summed E-state index contributed by atoms with van der Waals surface area (Å²) in [6.45, 7) is 2.58. The average Bonchev–Trinajstić information content (AvgIpc) is 2.85. The van der Waals surface area contributed by atoms with Crippen LogP contribution in [0.1, 0.15) is 23.3 Å². The first kappa shape index (κ1) is 12.3. The standard InChI is InChI=1S/C11H16N2O3S/c1-15-10(14)9-7-17-11(13-9)12-6-8-2-4-16-5-3-8/h7-8H,2-6H2,1H3,(H,12,13). The van der Waals surface area contributed by atoms with Gasteiger partial charge >= 0.3 is 5.97 Å². The predicted molar refractivity (Wildman–Crippen MR) is 65.5 cm³/mol. The zero-order chi connectivity index (χ0) is 12.1. The van der Waals surface area contributed by atoms with Crippen molar-refractivity contribution in [2.24, 2.45) is 5.92 Å². The average molecular weight is 256 g/mol. The molecule has 17 heavy (non-hydrogen) atoms. The molecule has 1 saturated heterocycles. The maximum atomic E-state index is 11.2. The molecule has 1 aliphatic heterocycles. The van der Waals surface area contributed by atoms with Crippen LogP contribution in [0.15, 0.2) is 5.38 Å². The number of carbonyl (C=O) groups excluding carboxylic acids is 1. The SMILES string of the molecule is COC(=O)c1csc(NCC2CCOCC2)n1. The van der Waals surface area contributed by atoms with Gasteiger partial charge in [0, 0.05) is 25.1 Å². The summed E-state index contributed by atoms with van der Waals surface area (Å²) in [5, 5.41) is 5.74. The van der Waals surface area contributed by atoms with Crippen LogP contribution in [0.2, 0.25) is 0 Å². The third kappa shape index (κ3) is 3.41. The van der Waals surface area contributed by atoms with Crippen molar-refractivity contribution in [3.05, 3.63) is 11.1 Å². The first-order chi connectivity index (χ1) is 8.29. The molecule has 1 aromatic heterocycles. The van der Waals surface area contributed by atoms with E-state index in [1.54, 1.807) is 5.38 Å². The Balaban J connectivity index is 1.82. The maximum Gasteiger partial charge on any atom is 0.357 e. The van der Waals surface area contributed by atoms with Gasteiger partial charge in [-0.15, -0.1) is 11.3 Å². The van der Waals surface area contributed by atoms with Gasteiger partial charge < -0.3 is 14.8 Å². The first-order valence-electron chi connectivity index (χ1n) is 5.65. The molecule has 94 valence electrons. The van der Waals surface area contributed by atoms with Crippen LogP contribution < -0.4 is 5.32 Å². The molecule has 0 amide bonds. The molecule has 6 heteroatoms. The van der Waals surface area contributed by atoms with Crippen LogP contribution in [0, 0.1) is 5.92 Å². The number of rotatable bonds is 4. The molecule has 0 aliphatic carbocycles. The van der Waals surface area contributed by atoms with Gasteiger partial charge in [-0.3, -0.25) is 0 Å². The van der Waals surface area contributed by atoms with Crippen molar-refractivity contribution >= 4 is 22.4 Å². The van der Waals surface area contributed by atoms with Crippen molar-refractivity contribution in [3.63, 3.8) is 0 Å². The molecule has 5 nitrogen and oxygen atoms in total. The topological polar surface area (TPSA) is 60.5 Å². The van der Waals surface area contributed by atoms with E-state index in [0.717, 1.165) is 37.7 Å². The third-order valence-corrected chi connectivity index (χ3v) is 3.58. The third-order valence-electron chi connectivity index (χ3n) is 2.78. The number of nitrogens with one attached hydrogen (secondary N) is 1. The minimum absolute atomic E-state index is 0.368. The Bertz CT molecular complexity index is 375. The minimum Gasteiger partial charge on any atom is -0.464 e. The lowest BCUT2D eigenvalue weighted by Crippen LogP contribution is -2.22. The number of thiazole rings is 1. The minimum atomic E-state index is -0.389. The van der Waals surface area contributed by atoms with E-state index < -0.39 is 0 Å². The van der Waals surface area contributed by atoms with E-state index in [-0.39, 0.29) is 5.97 Å². The number of hydrogen-bond acceptors (Lipinski definition) is 6. The molecule has 0 radical (unpaired) electrons. The molecule has 1 aromatic rings. The molecule has 1 fully saturated rings. The van der Waals surface area contributed by atoms with Crippen LogP contribution in [0.25, 0.3) is 0 Å². The molecular weight excluding hydrogens is 240 g/mol. The molecule has 2 heterocycles. The smallest absolute Gasteiger partial charge is 0.357 e. The zero-order valence-electron chi connectivity index (χ0n) is 9.77. The van der Waals surface area contributed by atoms with Gasteiger partial charge in [-0.05, 0) is 18.8 Å². The predicted octanol–water partition coefficient (Wildman–Crippen LogP) is 1.77. The Morgan fingerprint density at radius 2 is 2.41 bits per heavy atom. The van der Waals surface area contributed by atoms with Crippen LogP contribution >= 0.6 is 11.3 Å². The van der Waals surface area contributed by atoms with Crippen molar-refractivity contribution in [1.82, 2.24) is 4.98 Å². The van der Waals surface area contributed by atoms with Crippen LogP contribution in [0.4, 0.5) is 5.13 Å². The second-order valence-electron chi connectivity index (χ2n) is 3.97. The highest BCUT2D eigenvalue weighted by Crippen LogP contribution is 2.19. The van der Waals surface area contributed by atoms with E-state index in [2.05, 4.69) is 15.0 Å². The normalized spacial score (nSPS) is 16.8. The lowest BCUT2D eigenvalue weighted by atomic mass is 10.0. The summed E-state index contributed by atoms with van der Waals surface area (Å²) in [6, 6.07) is 0. The Labute approximate surface area is 104 Å². The fraction of sp³-hybridized carbons (Fsp3) is 0.636. The number of anilines is 1. The fourth-order valence-electron chi connectivity index (χ4n) is 1.74. The summed E-state index contributed by atoms with van der Waals surface area (Å²) in [5.41, 5.74) is 0.368. The summed E-state index contributed by atoms with van der Waals surface area (Å²) < 4.78 is 9.90. The van der Waals surface area contributed by atoms with Crippen molar-refractivity contribution in [2.75, 3.05) is 32.2 Å². The molecule has 2 rings (SSSR count). The summed E-state index contributed by atoms with van der Waals surface area (Å²) in [6.07, 6.45) is 2.17. The van der Waals surface area contributed by atoms with E-state index in [1.165, 1.54) is 18.4 Å². The number of hydrogen-bond donors (Lipinski definition) is 1. The number of esters is 1. The van der Waals surface area contributed by atoms with E-state index in [1.807, 2.05) is 0 Å². The summed E-state index contributed by atoms with van der Waals surface area (Å²) >= 11 is 1.43. The molecule has 0 saturated carbocycles. The lowest BCUT2D eigenvalue weighted by molar-refractivity contribution is 0.0595. The van der Waals surface area contributed by atoms with E-state index in [4.69, 9.17) is 4.74 Å². The van der Waals surface area contributed by atoms with Gasteiger partial charge in [0.15, 0.2) is 10.8 Å². The summed E-state index contributed by atoms with van der Waals surface area (Å²) in [5.74, 6) is 0.245. The van der Waals surface area contributed by atoms with Gasteiger partial charge in [0.1, 0.15) is 0 Å². The van der Waals surface area contributed by atoms with Crippen LogP contribution in [0.3, 0.4) is 0 Å². The van der Waals surface area contributed by atoms with E-state index in [9.17, 15) is 4.79 Å². The molecule has 1 N–H and O–H groups in total. The Kier molecular flexibility index (Phi) is 4.33. The molecular formula is C11H16N2O3S. The lowest BCUT2D eigenvalue weighted by Gasteiger charge is -2.21. The molecule has 0 bridgehead atoms. The van der Waals surface area contributed by atoms with Gasteiger partial charge in [0.2, 0.25) is 0 Å². The van der Waals surface area contributed by atoms with Crippen molar-refractivity contribution < 1.29 is 14.3 Å². The van der Waals surface area contributed by atoms with E-state index in [0.29, 0.717) is 11.6 Å². The van der Waals surface area contributed by atoms with E-state index >= 15 is 0 Å². The molecule has 0 spiro atoms. The van der Waals surface area contributed by atoms with Crippen molar-refractivity contribution in [1.29, 1.82) is 0 Å². The zero-order valence-corrected chi connectivity index (χ0v) is 10.6. The van der Waals surface area contributed by atoms with Crippen LogP contribution in [0.5, 0.6) is 0 Å². The molecule has 1 aliphatic rings. The monoisotopic (exact) mass is 256 g/mol. The number of aromatic nitrogens is 1. The van der Waals surface area contributed by atoms with Crippen LogP contribution in [-0.2, 0) is 9.47 Å². The van der Waals surface area contributed by atoms with Gasteiger partial charge in [0.25, 0.3) is 0 Å². The summed E-state index contributed by atoms with van der Waals surface area (Å²) in [7, 11) is 1.36. The highest BCUT2D eigenvalue weighted by molar-refractivity contribution is 7.13. The van der Waals surface area contributed by atoms with Crippen molar-refractivity contribution in [2.45, 2.75) is 12.8 Å². The Hall–Kier alpha value is -1.14. The summed E-state index contributed by atoms with van der Waals surface area (Å²) in [4.78, 5) is 15.4. The van der Waals surface area contributed by atoms with Gasteiger partial charge in [-0.25, -0.2) is 9.78 Å². The second kappa shape index (κ2) is 5.97. The highest BCUT2D eigenvalue weighted by atomic mass is 32.1. The highest BCUT2D eigenvalue weighted by Gasteiger charge is 2.15. The Morgan fingerprint density at radius 3 is 3.12 bits per heavy atom. The second-order valence-corrected chi connectivity index (χ2v) is 4.82. The number of nitrogens with zero attached hydrogens (tertiary/aromatic N) is 1. The van der Waals surface area contributed by atoms with Gasteiger partial charge in [-0.2, -0.15) is 0 Å². The molecule has 0 unspecified atom stereocenters. The van der Waals surface area contributed by atoms with Gasteiger partial charge in [0.05, 0.1) is 7.11 Å². The number of methoxy groups -OCH3 is 1. The van der Waals surface area contributed by atoms with Crippen molar-refractivity contribution in [3.8, 4) is 0 Å². The maximum absolute atomic E-state index is 11.2. The van der Waals surface area contributed by atoms with Gasteiger partial charge in [-0.1, -0.05) is 0 Å². The number of ether oxygens (including phenoxy) is 2. The Morgan fingerprint density at radius 1 is 1.65 bits per heavy atom. The molecule has 0 atom stereocenters. The first-order valence-corrected chi connectivity index (χ1v) is 6.53. The number of carbonyl (C=O) groups is 1. The quantitative estimate of drug-likeness (QED) is 0.832. The van der Waals surface area contributed by atoms with Crippen LogP contribution in [-0.4, -0.2) is 37.8 Å². The fourth-order valence-corrected chi connectivity index (χ4v) is 2.43. The molecule has 0 aromatic carbocycles.